The number of nitrogens with one attached hydrogen (secondary N) is 1. The fourth-order valence-electron chi connectivity index (χ4n) is 3.04. The van der Waals surface area contributed by atoms with Gasteiger partial charge < -0.3 is 10.4 Å². The molecule has 112 valence electrons. The SMILES string of the molecule is Cc1cc(NCC2(C(=O)O)CCCCCC2)ccc1C#N. The third-order valence-electron chi connectivity index (χ3n) is 4.49. The third-order valence-corrected chi connectivity index (χ3v) is 4.49. The van der Waals surface area contributed by atoms with Gasteiger partial charge in [0.25, 0.3) is 0 Å². The van der Waals surface area contributed by atoms with Gasteiger partial charge in [0.1, 0.15) is 0 Å². The molecule has 1 aromatic rings. The summed E-state index contributed by atoms with van der Waals surface area (Å²) >= 11 is 0. The number of aliphatic carboxylic acids is 1. The summed E-state index contributed by atoms with van der Waals surface area (Å²) in [5.41, 5.74) is 1.80. The Morgan fingerprint density at radius 3 is 2.52 bits per heavy atom. The van der Waals surface area contributed by atoms with Crippen LogP contribution in [0.1, 0.15) is 49.7 Å². The van der Waals surface area contributed by atoms with Crippen molar-refractivity contribution >= 4 is 11.7 Å². The van der Waals surface area contributed by atoms with Crippen molar-refractivity contribution in [2.24, 2.45) is 5.41 Å². The lowest BCUT2D eigenvalue weighted by Crippen LogP contribution is -2.37. The van der Waals surface area contributed by atoms with Gasteiger partial charge in [-0.2, -0.15) is 5.26 Å². The lowest BCUT2D eigenvalue weighted by atomic mass is 9.80. The summed E-state index contributed by atoms with van der Waals surface area (Å²) in [6.45, 7) is 2.34. The van der Waals surface area contributed by atoms with Crippen molar-refractivity contribution in [3.63, 3.8) is 0 Å². The average molecular weight is 286 g/mol. The summed E-state index contributed by atoms with van der Waals surface area (Å²) in [7, 11) is 0. The maximum Gasteiger partial charge on any atom is 0.311 e. The van der Waals surface area contributed by atoms with Crippen molar-refractivity contribution in [3.05, 3.63) is 29.3 Å². The van der Waals surface area contributed by atoms with Crippen LogP contribution in [0.15, 0.2) is 18.2 Å². The molecule has 0 heterocycles. The second-order valence-corrected chi connectivity index (χ2v) is 5.99. The Bertz CT molecular complexity index is 552. The Kier molecular flexibility index (Phi) is 4.85. The van der Waals surface area contributed by atoms with Gasteiger partial charge in [0.15, 0.2) is 0 Å². The zero-order valence-electron chi connectivity index (χ0n) is 12.5. The van der Waals surface area contributed by atoms with Crippen LogP contribution in [0.25, 0.3) is 0 Å². The molecule has 1 aromatic carbocycles. The highest BCUT2D eigenvalue weighted by molar-refractivity contribution is 5.75. The molecule has 4 heteroatoms. The predicted molar refractivity (Wildman–Crippen MR) is 82.2 cm³/mol. The van der Waals surface area contributed by atoms with E-state index in [9.17, 15) is 9.90 Å². The van der Waals surface area contributed by atoms with Gasteiger partial charge >= 0.3 is 5.97 Å². The van der Waals surface area contributed by atoms with Gasteiger partial charge in [-0.3, -0.25) is 4.79 Å². The Morgan fingerprint density at radius 1 is 1.33 bits per heavy atom. The summed E-state index contributed by atoms with van der Waals surface area (Å²) in [6.07, 6.45) is 5.71. The minimum Gasteiger partial charge on any atom is -0.481 e. The first-order valence-electron chi connectivity index (χ1n) is 7.55. The molecule has 21 heavy (non-hydrogen) atoms. The summed E-state index contributed by atoms with van der Waals surface area (Å²) in [4.78, 5) is 11.7. The molecular formula is C17H22N2O2. The molecule has 0 bridgehead atoms. The van der Waals surface area contributed by atoms with Crippen molar-refractivity contribution in [1.29, 1.82) is 5.26 Å². The van der Waals surface area contributed by atoms with E-state index in [1.54, 1.807) is 6.07 Å². The molecule has 1 fully saturated rings. The summed E-state index contributed by atoms with van der Waals surface area (Å²) in [6, 6.07) is 7.67. The Morgan fingerprint density at radius 2 is 2.00 bits per heavy atom. The largest absolute Gasteiger partial charge is 0.481 e. The molecule has 0 radical (unpaired) electrons. The van der Waals surface area contributed by atoms with Gasteiger partial charge in [-0.1, -0.05) is 25.7 Å². The lowest BCUT2D eigenvalue weighted by Gasteiger charge is -2.28. The quantitative estimate of drug-likeness (QED) is 0.828. The molecule has 1 saturated carbocycles. The number of nitrogens with zero attached hydrogens (tertiary/aromatic N) is 1. The number of nitriles is 1. The van der Waals surface area contributed by atoms with Gasteiger partial charge in [0.2, 0.25) is 0 Å². The molecule has 0 unspecified atom stereocenters. The smallest absolute Gasteiger partial charge is 0.311 e. The standard InChI is InChI=1S/C17H22N2O2/c1-13-10-15(7-6-14(13)11-18)19-12-17(16(20)21)8-4-2-3-5-9-17/h6-7,10,19H,2-5,8-9,12H2,1H3,(H,20,21). The number of rotatable bonds is 4. The van der Waals surface area contributed by atoms with Crippen molar-refractivity contribution in [1.82, 2.24) is 0 Å². The zero-order chi connectivity index (χ0) is 15.3. The van der Waals surface area contributed by atoms with Gasteiger partial charge in [0, 0.05) is 12.2 Å². The summed E-state index contributed by atoms with van der Waals surface area (Å²) < 4.78 is 0. The van der Waals surface area contributed by atoms with Crippen LogP contribution in [0, 0.1) is 23.7 Å². The van der Waals surface area contributed by atoms with E-state index in [1.165, 1.54) is 0 Å². The highest BCUT2D eigenvalue weighted by Crippen LogP contribution is 2.35. The minimum atomic E-state index is -0.692. The van der Waals surface area contributed by atoms with Crippen molar-refractivity contribution < 1.29 is 9.90 Å². The Balaban J connectivity index is 2.10. The van der Waals surface area contributed by atoms with Gasteiger partial charge in [-0.15, -0.1) is 0 Å². The highest BCUT2D eigenvalue weighted by Gasteiger charge is 2.38. The zero-order valence-corrected chi connectivity index (χ0v) is 12.5. The number of carboxylic acids is 1. The molecule has 0 spiro atoms. The first kappa shape index (κ1) is 15.4. The second-order valence-electron chi connectivity index (χ2n) is 5.99. The highest BCUT2D eigenvalue weighted by atomic mass is 16.4. The number of carboxylic acid groups (broad SMARTS) is 1. The van der Waals surface area contributed by atoms with Crippen LogP contribution in [0.2, 0.25) is 0 Å². The summed E-state index contributed by atoms with van der Waals surface area (Å²) in [5.74, 6) is -0.692. The van der Waals surface area contributed by atoms with Crippen molar-refractivity contribution in [2.45, 2.75) is 45.4 Å². The molecule has 1 aliphatic rings. The lowest BCUT2D eigenvalue weighted by molar-refractivity contribution is -0.149. The topological polar surface area (TPSA) is 73.1 Å². The Hall–Kier alpha value is -2.02. The fourth-order valence-corrected chi connectivity index (χ4v) is 3.04. The molecular weight excluding hydrogens is 264 g/mol. The third kappa shape index (κ3) is 3.55. The van der Waals surface area contributed by atoms with E-state index >= 15 is 0 Å². The van der Waals surface area contributed by atoms with Crippen LogP contribution in [0.3, 0.4) is 0 Å². The van der Waals surface area contributed by atoms with Crippen LogP contribution in [-0.2, 0) is 4.79 Å². The first-order chi connectivity index (χ1) is 10.1. The van der Waals surface area contributed by atoms with Crippen molar-refractivity contribution in [3.8, 4) is 6.07 Å². The molecule has 0 saturated heterocycles. The predicted octanol–water partition coefficient (Wildman–Crippen LogP) is 3.70. The first-order valence-corrected chi connectivity index (χ1v) is 7.55. The molecule has 0 aromatic heterocycles. The number of benzene rings is 1. The fraction of sp³-hybridized carbons (Fsp3) is 0.529. The minimum absolute atomic E-state index is 0.452. The van der Waals surface area contributed by atoms with Crippen molar-refractivity contribution in [2.75, 3.05) is 11.9 Å². The maximum absolute atomic E-state index is 11.7. The second kappa shape index (κ2) is 6.62. The van der Waals surface area contributed by atoms with E-state index in [2.05, 4.69) is 11.4 Å². The molecule has 0 amide bonds. The van der Waals surface area contributed by atoms with Crippen LogP contribution < -0.4 is 5.32 Å². The van der Waals surface area contributed by atoms with Crippen LogP contribution in [0.4, 0.5) is 5.69 Å². The number of aryl methyl sites for hydroxylation is 1. The van der Waals surface area contributed by atoms with E-state index < -0.39 is 11.4 Å². The van der Waals surface area contributed by atoms with Crippen LogP contribution >= 0.6 is 0 Å². The van der Waals surface area contributed by atoms with E-state index in [4.69, 9.17) is 5.26 Å². The molecule has 0 aliphatic heterocycles. The monoisotopic (exact) mass is 286 g/mol. The normalized spacial score (nSPS) is 17.5. The number of hydrogen-bond acceptors (Lipinski definition) is 3. The molecule has 2 rings (SSSR count). The van der Waals surface area contributed by atoms with E-state index in [0.717, 1.165) is 49.8 Å². The van der Waals surface area contributed by atoms with Gasteiger partial charge in [-0.25, -0.2) is 0 Å². The number of carbonyl (C=O) groups is 1. The number of anilines is 1. The molecule has 1 aliphatic carbocycles. The average Bonchev–Trinajstić information content (AvgIpc) is 2.72. The van der Waals surface area contributed by atoms with Gasteiger partial charge in [0.05, 0.1) is 17.0 Å². The summed E-state index contributed by atoms with van der Waals surface area (Å²) in [5, 5.41) is 21.9. The van der Waals surface area contributed by atoms with E-state index in [-0.39, 0.29) is 0 Å². The Labute approximate surface area is 125 Å². The van der Waals surface area contributed by atoms with Crippen LogP contribution in [0.5, 0.6) is 0 Å². The maximum atomic E-state index is 11.7. The molecule has 0 atom stereocenters. The van der Waals surface area contributed by atoms with Gasteiger partial charge in [-0.05, 0) is 43.5 Å². The van der Waals surface area contributed by atoms with Crippen LogP contribution in [-0.4, -0.2) is 17.6 Å². The molecule has 2 N–H and O–H groups in total. The number of hydrogen-bond donors (Lipinski definition) is 2. The van der Waals surface area contributed by atoms with E-state index in [0.29, 0.717) is 12.1 Å². The van der Waals surface area contributed by atoms with E-state index in [1.807, 2.05) is 19.1 Å². The molecule has 4 nitrogen and oxygen atoms in total.